The minimum atomic E-state index is -1.10. The summed E-state index contributed by atoms with van der Waals surface area (Å²) in [4.78, 5) is 26.8. The van der Waals surface area contributed by atoms with Gasteiger partial charge in [0.1, 0.15) is 24.6 Å². The Kier molecular flexibility index (Phi) is 4.61. The molecule has 0 aromatic carbocycles. The number of aromatic nitrogens is 3. The molecular formula is C16H22N4O5. The number of ether oxygens (including phenoxy) is 1. The van der Waals surface area contributed by atoms with Gasteiger partial charge < -0.3 is 20.7 Å². The number of carbonyl (C=O) groups is 2. The molecule has 0 unspecified atom stereocenters. The number of fused-ring (bicyclic) bond motifs is 1. The topological polar surface area (TPSA) is 141 Å². The Bertz CT molecular complexity index is 713. The van der Waals surface area contributed by atoms with Crippen molar-refractivity contribution in [1.29, 1.82) is 0 Å². The van der Waals surface area contributed by atoms with E-state index >= 15 is 0 Å². The molecule has 1 heterocycles. The summed E-state index contributed by atoms with van der Waals surface area (Å²) < 4.78 is 6.80. The summed E-state index contributed by atoms with van der Waals surface area (Å²) in [6, 6.07) is -0.623. The molecule has 0 bridgehead atoms. The van der Waals surface area contributed by atoms with E-state index in [2.05, 4.69) is 10.1 Å². The zero-order valence-corrected chi connectivity index (χ0v) is 14.1. The zero-order valence-electron chi connectivity index (χ0n) is 14.1. The van der Waals surface area contributed by atoms with E-state index in [1.165, 1.54) is 11.0 Å². The molecule has 1 aromatic rings. The van der Waals surface area contributed by atoms with Crippen LogP contribution in [0.4, 0.5) is 0 Å². The number of aliphatic hydroxyl groups excluding tert-OH is 2. The van der Waals surface area contributed by atoms with Crippen molar-refractivity contribution in [1.82, 2.24) is 14.8 Å². The van der Waals surface area contributed by atoms with Crippen LogP contribution in [0.1, 0.15) is 43.3 Å². The van der Waals surface area contributed by atoms with Crippen LogP contribution < -0.4 is 5.73 Å². The number of primary amides is 1. The van der Waals surface area contributed by atoms with Crippen molar-refractivity contribution in [2.45, 2.75) is 51.0 Å². The molecule has 9 heteroatoms. The van der Waals surface area contributed by atoms with Crippen molar-refractivity contribution < 1.29 is 24.5 Å². The SMILES string of the molecule is CC(C)C(=O)O[C@@H]1CC=C2[C@@H](n3cnc(C(N)=O)n3)[C@H](O)[C@H](O)[C@H]2C1. The predicted molar refractivity (Wildman–Crippen MR) is 85.1 cm³/mol. The van der Waals surface area contributed by atoms with Crippen LogP contribution in [0.2, 0.25) is 0 Å². The molecule has 2 aliphatic carbocycles. The van der Waals surface area contributed by atoms with Gasteiger partial charge >= 0.3 is 5.97 Å². The highest BCUT2D eigenvalue weighted by Crippen LogP contribution is 2.45. The maximum absolute atomic E-state index is 11.8. The molecule has 3 rings (SSSR count). The van der Waals surface area contributed by atoms with E-state index < -0.39 is 24.2 Å². The van der Waals surface area contributed by atoms with Crippen LogP contribution in [0.15, 0.2) is 18.0 Å². The summed E-state index contributed by atoms with van der Waals surface area (Å²) in [5.41, 5.74) is 5.96. The highest BCUT2D eigenvalue weighted by molar-refractivity contribution is 5.88. The van der Waals surface area contributed by atoms with Gasteiger partial charge in [0.15, 0.2) is 0 Å². The lowest BCUT2D eigenvalue weighted by Crippen LogP contribution is -2.32. The van der Waals surface area contributed by atoms with Gasteiger partial charge in [-0.05, 0) is 12.0 Å². The molecule has 5 atom stereocenters. The van der Waals surface area contributed by atoms with Gasteiger partial charge in [-0.3, -0.25) is 9.59 Å². The Hall–Kier alpha value is -2.26. The number of hydrogen-bond acceptors (Lipinski definition) is 7. The average molecular weight is 350 g/mol. The number of esters is 1. The van der Waals surface area contributed by atoms with Gasteiger partial charge in [0, 0.05) is 12.3 Å². The molecule has 0 saturated heterocycles. The van der Waals surface area contributed by atoms with E-state index in [-0.39, 0.29) is 29.7 Å². The predicted octanol–water partition coefficient (Wildman–Crippen LogP) is -0.442. The van der Waals surface area contributed by atoms with E-state index in [1.54, 1.807) is 13.8 Å². The Labute approximate surface area is 144 Å². The first-order valence-corrected chi connectivity index (χ1v) is 8.27. The summed E-state index contributed by atoms with van der Waals surface area (Å²) in [7, 11) is 0. The number of rotatable bonds is 4. The number of nitrogens with two attached hydrogens (primary N) is 1. The fraction of sp³-hybridized carbons (Fsp3) is 0.625. The number of aliphatic hydroxyl groups is 2. The third kappa shape index (κ3) is 3.16. The number of nitrogens with zero attached hydrogens (tertiary/aromatic N) is 3. The molecule has 1 saturated carbocycles. The highest BCUT2D eigenvalue weighted by atomic mass is 16.5. The van der Waals surface area contributed by atoms with Crippen LogP contribution in [0.5, 0.6) is 0 Å². The quantitative estimate of drug-likeness (QED) is 0.494. The van der Waals surface area contributed by atoms with E-state index in [0.29, 0.717) is 12.8 Å². The van der Waals surface area contributed by atoms with Gasteiger partial charge in [-0.1, -0.05) is 19.9 Å². The Morgan fingerprint density at radius 1 is 1.36 bits per heavy atom. The summed E-state index contributed by atoms with van der Waals surface area (Å²) in [6.45, 7) is 3.52. The average Bonchev–Trinajstić information content (AvgIpc) is 3.12. The van der Waals surface area contributed by atoms with Gasteiger partial charge in [0.05, 0.1) is 12.0 Å². The summed E-state index contributed by atoms with van der Waals surface area (Å²) in [6.07, 6.45) is 1.66. The van der Waals surface area contributed by atoms with Gasteiger partial charge in [-0.25, -0.2) is 9.67 Å². The summed E-state index contributed by atoms with van der Waals surface area (Å²) >= 11 is 0. The molecule has 4 N–H and O–H groups in total. The molecule has 1 fully saturated rings. The van der Waals surface area contributed by atoms with Crippen LogP contribution in [0.3, 0.4) is 0 Å². The third-order valence-corrected chi connectivity index (χ3v) is 4.76. The molecule has 0 spiro atoms. The Morgan fingerprint density at radius 3 is 2.68 bits per heavy atom. The first-order chi connectivity index (χ1) is 11.8. The number of hydrogen-bond donors (Lipinski definition) is 3. The van der Waals surface area contributed by atoms with Crippen molar-refractivity contribution >= 4 is 11.9 Å². The van der Waals surface area contributed by atoms with Crippen molar-refractivity contribution in [2.24, 2.45) is 17.6 Å². The minimum Gasteiger partial charge on any atom is -0.462 e. The Balaban J connectivity index is 1.82. The van der Waals surface area contributed by atoms with Gasteiger partial charge in [0.2, 0.25) is 5.82 Å². The van der Waals surface area contributed by atoms with Crippen LogP contribution in [-0.2, 0) is 9.53 Å². The molecule has 0 aliphatic heterocycles. The molecule has 9 nitrogen and oxygen atoms in total. The van der Waals surface area contributed by atoms with E-state index in [4.69, 9.17) is 10.5 Å². The maximum Gasteiger partial charge on any atom is 0.308 e. The molecule has 0 radical (unpaired) electrons. The van der Waals surface area contributed by atoms with Gasteiger partial charge in [0.25, 0.3) is 5.91 Å². The highest BCUT2D eigenvalue weighted by Gasteiger charge is 2.49. The first-order valence-electron chi connectivity index (χ1n) is 8.27. The summed E-state index contributed by atoms with van der Waals surface area (Å²) in [5, 5.41) is 24.9. The lowest BCUT2D eigenvalue weighted by molar-refractivity contribution is -0.154. The molecule has 25 heavy (non-hydrogen) atoms. The second-order valence-electron chi connectivity index (χ2n) is 6.83. The van der Waals surface area contributed by atoms with Crippen LogP contribution in [0, 0.1) is 11.8 Å². The largest absolute Gasteiger partial charge is 0.462 e. The normalized spacial score (nSPS) is 31.6. The van der Waals surface area contributed by atoms with E-state index in [0.717, 1.165) is 5.57 Å². The van der Waals surface area contributed by atoms with Crippen molar-refractivity contribution in [3.05, 3.63) is 23.8 Å². The lowest BCUT2D eigenvalue weighted by Gasteiger charge is -2.28. The van der Waals surface area contributed by atoms with Gasteiger partial charge in [-0.2, -0.15) is 0 Å². The summed E-state index contributed by atoms with van der Waals surface area (Å²) in [5.74, 6) is -1.76. The van der Waals surface area contributed by atoms with Crippen LogP contribution >= 0.6 is 0 Å². The molecule has 2 aliphatic rings. The van der Waals surface area contributed by atoms with Crippen molar-refractivity contribution in [3.8, 4) is 0 Å². The lowest BCUT2D eigenvalue weighted by atomic mass is 9.86. The molecule has 1 amide bonds. The Morgan fingerprint density at radius 2 is 2.08 bits per heavy atom. The van der Waals surface area contributed by atoms with E-state index in [1.807, 2.05) is 6.08 Å². The second-order valence-corrected chi connectivity index (χ2v) is 6.83. The maximum atomic E-state index is 11.8. The second kappa shape index (κ2) is 6.57. The van der Waals surface area contributed by atoms with Gasteiger partial charge in [-0.15, -0.1) is 5.10 Å². The van der Waals surface area contributed by atoms with Crippen molar-refractivity contribution in [3.63, 3.8) is 0 Å². The first kappa shape index (κ1) is 17.6. The van der Waals surface area contributed by atoms with Crippen LogP contribution in [0.25, 0.3) is 0 Å². The number of carbonyl (C=O) groups excluding carboxylic acids is 2. The fourth-order valence-corrected chi connectivity index (χ4v) is 3.46. The fourth-order valence-electron chi connectivity index (χ4n) is 3.46. The molecule has 136 valence electrons. The molecule has 1 aromatic heterocycles. The van der Waals surface area contributed by atoms with E-state index in [9.17, 15) is 19.8 Å². The standard InChI is InChI=1S/C16H22N4O5/c1-7(2)16(24)25-8-3-4-9-10(5-8)12(21)13(22)11(9)20-6-18-15(19-20)14(17)23/h4,6-8,10-13,21-22H,3,5H2,1-2H3,(H2,17,23)/t8-,10+,11-,12-,13+/m1/s1. The van der Waals surface area contributed by atoms with Crippen LogP contribution in [-0.4, -0.2) is 55.2 Å². The molecular weight excluding hydrogens is 328 g/mol. The smallest absolute Gasteiger partial charge is 0.308 e. The monoisotopic (exact) mass is 350 g/mol. The minimum absolute atomic E-state index is 0.148. The third-order valence-electron chi connectivity index (χ3n) is 4.76. The van der Waals surface area contributed by atoms with Crippen molar-refractivity contribution in [2.75, 3.05) is 0 Å². The number of amides is 1. The zero-order chi connectivity index (χ0) is 18.3.